The van der Waals surface area contributed by atoms with Crippen LogP contribution < -0.4 is 0 Å². The van der Waals surface area contributed by atoms with Gasteiger partial charge in [-0.15, -0.1) is 0 Å². The molecule has 64 valence electrons. The van der Waals surface area contributed by atoms with E-state index < -0.39 is 0 Å². The SMILES string of the molecule is C=C(Br)CCCC(=O)OCC. The molecule has 0 atom stereocenters. The standard InChI is InChI=1S/C8H13BrO2/c1-3-11-8(10)6-4-5-7(2)9/h2-6H2,1H3. The fourth-order valence-electron chi connectivity index (χ4n) is 0.658. The monoisotopic (exact) mass is 220 g/mol. The quantitative estimate of drug-likeness (QED) is 0.667. The lowest BCUT2D eigenvalue weighted by Gasteiger charge is -1.99. The van der Waals surface area contributed by atoms with Crippen molar-refractivity contribution in [1.29, 1.82) is 0 Å². The van der Waals surface area contributed by atoms with Gasteiger partial charge in [0, 0.05) is 6.42 Å². The van der Waals surface area contributed by atoms with Crippen LogP contribution in [-0.4, -0.2) is 12.6 Å². The molecule has 0 amide bonds. The maximum absolute atomic E-state index is 10.8. The number of halogens is 1. The van der Waals surface area contributed by atoms with Crippen molar-refractivity contribution in [2.75, 3.05) is 6.61 Å². The van der Waals surface area contributed by atoms with Crippen molar-refractivity contribution in [3.63, 3.8) is 0 Å². The van der Waals surface area contributed by atoms with Gasteiger partial charge in [-0.3, -0.25) is 4.79 Å². The smallest absolute Gasteiger partial charge is 0.305 e. The summed E-state index contributed by atoms with van der Waals surface area (Å²) in [6.07, 6.45) is 2.13. The summed E-state index contributed by atoms with van der Waals surface area (Å²) >= 11 is 3.22. The molecule has 0 aromatic heterocycles. The Labute approximate surface area is 75.7 Å². The van der Waals surface area contributed by atoms with E-state index in [2.05, 4.69) is 22.5 Å². The maximum Gasteiger partial charge on any atom is 0.305 e. The molecule has 0 radical (unpaired) electrons. The highest BCUT2D eigenvalue weighted by molar-refractivity contribution is 9.11. The number of carbonyl (C=O) groups is 1. The summed E-state index contributed by atoms with van der Waals surface area (Å²) in [5.41, 5.74) is 0. The van der Waals surface area contributed by atoms with Crippen molar-refractivity contribution in [2.24, 2.45) is 0 Å². The van der Waals surface area contributed by atoms with E-state index in [-0.39, 0.29) is 5.97 Å². The van der Waals surface area contributed by atoms with Crippen LogP contribution in [0.1, 0.15) is 26.2 Å². The molecule has 0 aromatic rings. The van der Waals surface area contributed by atoms with Gasteiger partial charge < -0.3 is 4.74 Å². The van der Waals surface area contributed by atoms with Gasteiger partial charge in [0.25, 0.3) is 0 Å². The van der Waals surface area contributed by atoms with Gasteiger partial charge in [0.1, 0.15) is 0 Å². The first kappa shape index (κ1) is 10.7. The number of esters is 1. The van der Waals surface area contributed by atoms with Crippen molar-refractivity contribution >= 4 is 21.9 Å². The van der Waals surface area contributed by atoms with E-state index in [0.717, 1.165) is 17.3 Å². The Bertz CT molecular complexity index is 143. The van der Waals surface area contributed by atoms with Crippen LogP contribution >= 0.6 is 15.9 Å². The molecule has 0 rings (SSSR count). The molecule has 0 aliphatic heterocycles. The Balaban J connectivity index is 3.24. The molecule has 3 heteroatoms. The average Bonchev–Trinajstić information content (AvgIpc) is 1.87. The van der Waals surface area contributed by atoms with Crippen LogP contribution in [0.2, 0.25) is 0 Å². The van der Waals surface area contributed by atoms with Crippen LogP contribution in [0, 0.1) is 0 Å². The molecule has 0 unspecified atom stereocenters. The van der Waals surface area contributed by atoms with Crippen molar-refractivity contribution in [3.8, 4) is 0 Å². The first-order chi connectivity index (χ1) is 5.16. The lowest BCUT2D eigenvalue weighted by molar-refractivity contribution is -0.143. The summed E-state index contributed by atoms with van der Waals surface area (Å²) in [6, 6.07) is 0. The first-order valence-electron chi connectivity index (χ1n) is 3.65. The van der Waals surface area contributed by atoms with Gasteiger partial charge in [-0.25, -0.2) is 0 Å². The molecule has 0 fully saturated rings. The zero-order valence-corrected chi connectivity index (χ0v) is 8.32. The first-order valence-corrected chi connectivity index (χ1v) is 4.45. The number of hydrogen-bond acceptors (Lipinski definition) is 2. The molecule has 11 heavy (non-hydrogen) atoms. The summed E-state index contributed by atoms with van der Waals surface area (Å²) in [6.45, 7) is 5.94. The Kier molecular flexibility index (Phi) is 6.22. The summed E-state index contributed by atoms with van der Waals surface area (Å²) in [4.78, 5) is 10.8. The van der Waals surface area contributed by atoms with Gasteiger partial charge in [-0.2, -0.15) is 0 Å². The molecule has 0 aromatic carbocycles. The zero-order chi connectivity index (χ0) is 8.69. The van der Waals surface area contributed by atoms with Crippen molar-refractivity contribution in [2.45, 2.75) is 26.2 Å². The van der Waals surface area contributed by atoms with E-state index >= 15 is 0 Å². The third-order valence-corrected chi connectivity index (χ3v) is 1.53. The van der Waals surface area contributed by atoms with Gasteiger partial charge in [-0.1, -0.05) is 22.5 Å². The van der Waals surface area contributed by atoms with Crippen molar-refractivity contribution in [1.82, 2.24) is 0 Å². The zero-order valence-electron chi connectivity index (χ0n) is 6.73. The largest absolute Gasteiger partial charge is 0.466 e. The lowest BCUT2D eigenvalue weighted by Crippen LogP contribution is -2.02. The third kappa shape index (κ3) is 7.59. The Morgan fingerprint density at radius 3 is 2.64 bits per heavy atom. The molecular formula is C8H13BrO2. The topological polar surface area (TPSA) is 26.3 Å². The van der Waals surface area contributed by atoms with Crippen molar-refractivity contribution in [3.05, 3.63) is 11.1 Å². The van der Waals surface area contributed by atoms with Gasteiger partial charge in [0.15, 0.2) is 0 Å². The number of ether oxygens (including phenoxy) is 1. The number of carbonyl (C=O) groups excluding carboxylic acids is 1. The highest BCUT2D eigenvalue weighted by Crippen LogP contribution is 2.11. The highest BCUT2D eigenvalue weighted by Gasteiger charge is 2.00. The van der Waals surface area contributed by atoms with E-state index in [9.17, 15) is 4.79 Å². The molecule has 0 saturated heterocycles. The number of allylic oxidation sites excluding steroid dienone is 1. The molecule has 0 spiro atoms. The fourth-order valence-corrected chi connectivity index (χ4v) is 0.938. The van der Waals surface area contributed by atoms with Crippen LogP contribution in [-0.2, 0) is 9.53 Å². The van der Waals surface area contributed by atoms with Crippen LogP contribution in [0.15, 0.2) is 11.1 Å². The van der Waals surface area contributed by atoms with E-state index in [4.69, 9.17) is 4.74 Å². The van der Waals surface area contributed by atoms with Crippen LogP contribution in [0.5, 0.6) is 0 Å². The maximum atomic E-state index is 10.8. The van der Waals surface area contributed by atoms with Crippen LogP contribution in [0.3, 0.4) is 0 Å². The molecule has 0 N–H and O–H groups in total. The predicted molar refractivity (Wildman–Crippen MR) is 48.6 cm³/mol. The van der Waals surface area contributed by atoms with E-state index in [1.54, 1.807) is 6.92 Å². The minimum absolute atomic E-state index is 0.124. The minimum atomic E-state index is -0.124. The van der Waals surface area contributed by atoms with E-state index in [0.29, 0.717) is 13.0 Å². The fraction of sp³-hybridized carbons (Fsp3) is 0.625. The molecule has 0 saturated carbocycles. The number of rotatable bonds is 5. The predicted octanol–water partition coefficient (Wildman–Crippen LogP) is 2.63. The molecular weight excluding hydrogens is 208 g/mol. The van der Waals surface area contributed by atoms with Gasteiger partial charge in [0.05, 0.1) is 6.61 Å². The Morgan fingerprint density at radius 1 is 1.55 bits per heavy atom. The Hall–Kier alpha value is -0.310. The summed E-state index contributed by atoms with van der Waals surface area (Å²) in [5, 5.41) is 0. The lowest BCUT2D eigenvalue weighted by atomic mass is 10.2. The summed E-state index contributed by atoms with van der Waals surface area (Å²) in [7, 11) is 0. The second-order valence-electron chi connectivity index (χ2n) is 2.18. The third-order valence-electron chi connectivity index (χ3n) is 1.13. The highest BCUT2D eigenvalue weighted by atomic mass is 79.9. The second kappa shape index (κ2) is 6.40. The molecule has 2 nitrogen and oxygen atoms in total. The van der Waals surface area contributed by atoms with Gasteiger partial charge >= 0.3 is 5.97 Å². The van der Waals surface area contributed by atoms with Crippen molar-refractivity contribution < 1.29 is 9.53 Å². The average molecular weight is 221 g/mol. The summed E-state index contributed by atoms with van der Waals surface area (Å²) < 4.78 is 5.67. The van der Waals surface area contributed by atoms with E-state index in [1.807, 2.05) is 0 Å². The van der Waals surface area contributed by atoms with Crippen LogP contribution in [0.25, 0.3) is 0 Å². The minimum Gasteiger partial charge on any atom is -0.466 e. The molecule has 0 heterocycles. The van der Waals surface area contributed by atoms with Crippen LogP contribution in [0.4, 0.5) is 0 Å². The normalized spacial score (nSPS) is 9.27. The van der Waals surface area contributed by atoms with E-state index in [1.165, 1.54) is 0 Å². The molecule has 0 aliphatic rings. The molecule has 0 bridgehead atoms. The van der Waals surface area contributed by atoms with Gasteiger partial charge in [0.2, 0.25) is 0 Å². The Morgan fingerprint density at radius 2 is 2.18 bits per heavy atom. The second-order valence-corrected chi connectivity index (χ2v) is 3.30. The molecule has 0 aliphatic carbocycles. The summed E-state index contributed by atoms with van der Waals surface area (Å²) in [5.74, 6) is -0.124. The number of hydrogen-bond donors (Lipinski definition) is 0. The van der Waals surface area contributed by atoms with Gasteiger partial charge in [-0.05, 0) is 24.2 Å².